The minimum Gasteiger partial charge on any atom is -0.493 e. The molecule has 1 aromatic carbocycles. The largest absolute Gasteiger partial charge is 0.493 e. The van der Waals surface area contributed by atoms with E-state index in [1.54, 1.807) is 0 Å². The number of benzene rings is 1. The maximum Gasteiger partial charge on any atom is 0.338 e. The van der Waals surface area contributed by atoms with Crippen LogP contribution in [0.4, 0.5) is 0 Å². The molecule has 128 valence electrons. The number of nitriles is 1. The number of nitrogens with zero attached hydrogens (tertiary/aromatic N) is 1. The number of ether oxygens (including phenoxy) is 3. The van der Waals surface area contributed by atoms with E-state index in [1.807, 2.05) is 0 Å². The molecule has 2 rings (SSSR count). The molecule has 1 saturated carbocycles. The Bertz CT molecular complexity index is 653. The van der Waals surface area contributed by atoms with Gasteiger partial charge < -0.3 is 19.9 Å². The molecule has 0 aromatic heterocycles. The standard InChI is InChI=1S/C17H20N2O5/c1-22-15-8-11(6-7-14(15)23-10-16(19)20)17(21)24-13-5-3-2-4-12(13)9-18/h6-8,12-13H,2-5,10H2,1H3,(H2,19,20)/t12-,13+/m1/s1. The molecule has 24 heavy (non-hydrogen) atoms. The van der Waals surface area contributed by atoms with E-state index in [0.29, 0.717) is 23.5 Å². The second kappa shape index (κ2) is 8.20. The summed E-state index contributed by atoms with van der Waals surface area (Å²) in [5.74, 6) is -0.781. The fraction of sp³-hybridized carbons (Fsp3) is 0.471. The van der Waals surface area contributed by atoms with Crippen molar-refractivity contribution in [3.63, 3.8) is 0 Å². The quantitative estimate of drug-likeness (QED) is 0.795. The van der Waals surface area contributed by atoms with E-state index in [-0.39, 0.29) is 18.6 Å². The Morgan fingerprint density at radius 1 is 1.29 bits per heavy atom. The smallest absolute Gasteiger partial charge is 0.338 e. The van der Waals surface area contributed by atoms with Gasteiger partial charge in [-0.25, -0.2) is 4.79 Å². The van der Waals surface area contributed by atoms with Crippen LogP contribution in [-0.2, 0) is 9.53 Å². The first-order valence-corrected chi connectivity index (χ1v) is 7.75. The summed E-state index contributed by atoms with van der Waals surface area (Å²) < 4.78 is 15.9. The van der Waals surface area contributed by atoms with Crippen LogP contribution in [0.1, 0.15) is 36.0 Å². The molecule has 2 N–H and O–H groups in total. The van der Waals surface area contributed by atoms with E-state index in [9.17, 15) is 9.59 Å². The van der Waals surface area contributed by atoms with Gasteiger partial charge in [0.05, 0.1) is 24.7 Å². The topological polar surface area (TPSA) is 112 Å². The van der Waals surface area contributed by atoms with Gasteiger partial charge in [0.15, 0.2) is 18.1 Å². The van der Waals surface area contributed by atoms with Gasteiger partial charge in [-0.05, 0) is 37.5 Å². The third-order valence-electron chi connectivity index (χ3n) is 3.90. The summed E-state index contributed by atoms with van der Waals surface area (Å²) in [6.45, 7) is -0.286. The summed E-state index contributed by atoms with van der Waals surface area (Å²) in [6, 6.07) is 6.71. The normalized spacial score (nSPS) is 19.8. The van der Waals surface area contributed by atoms with Gasteiger partial charge in [0.1, 0.15) is 6.10 Å². The summed E-state index contributed by atoms with van der Waals surface area (Å²) in [5, 5.41) is 9.15. The zero-order valence-corrected chi connectivity index (χ0v) is 13.5. The molecule has 1 fully saturated rings. The van der Waals surface area contributed by atoms with Crippen molar-refractivity contribution in [1.29, 1.82) is 5.26 Å². The highest BCUT2D eigenvalue weighted by Crippen LogP contribution is 2.30. The third kappa shape index (κ3) is 4.38. The summed E-state index contributed by atoms with van der Waals surface area (Å²) in [4.78, 5) is 23.1. The van der Waals surface area contributed by atoms with Crippen LogP contribution in [0.3, 0.4) is 0 Å². The first-order valence-electron chi connectivity index (χ1n) is 7.75. The van der Waals surface area contributed by atoms with E-state index >= 15 is 0 Å². The lowest BCUT2D eigenvalue weighted by Gasteiger charge is -2.26. The van der Waals surface area contributed by atoms with Crippen LogP contribution < -0.4 is 15.2 Å². The highest BCUT2D eigenvalue weighted by molar-refractivity contribution is 5.90. The Morgan fingerprint density at radius 2 is 2.04 bits per heavy atom. The van der Waals surface area contributed by atoms with Crippen LogP contribution in [0.5, 0.6) is 11.5 Å². The Kier molecular flexibility index (Phi) is 6.01. The van der Waals surface area contributed by atoms with Gasteiger partial charge in [-0.15, -0.1) is 0 Å². The molecule has 1 aromatic rings. The molecule has 0 spiro atoms. The second-order valence-corrected chi connectivity index (χ2v) is 5.58. The minimum absolute atomic E-state index is 0.261. The van der Waals surface area contributed by atoms with Crippen LogP contribution in [0.15, 0.2) is 18.2 Å². The average molecular weight is 332 g/mol. The molecular formula is C17H20N2O5. The molecule has 0 unspecified atom stereocenters. The minimum atomic E-state index is -0.611. The molecule has 0 heterocycles. The molecule has 1 amide bonds. The first kappa shape index (κ1) is 17.6. The third-order valence-corrected chi connectivity index (χ3v) is 3.90. The number of nitrogens with two attached hydrogens (primary N) is 1. The Balaban J connectivity index is 2.09. The number of carbonyl (C=O) groups excluding carboxylic acids is 2. The zero-order valence-electron chi connectivity index (χ0n) is 13.5. The predicted molar refractivity (Wildman–Crippen MR) is 84.5 cm³/mol. The molecule has 7 nitrogen and oxygen atoms in total. The van der Waals surface area contributed by atoms with E-state index in [4.69, 9.17) is 25.2 Å². The number of methoxy groups -OCH3 is 1. The molecular weight excluding hydrogens is 312 g/mol. The van der Waals surface area contributed by atoms with Crippen molar-refractivity contribution in [3.8, 4) is 17.6 Å². The molecule has 0 radical (unpaired) electrons. The lowest BCUT2D eigenvalue weighted by molar-refractivity contribution is -0.119. The van der Waals surface area contributed by atoms with Crippen LogP contribution in [0, 0.1) is 17.2 Å². The Morgan fingerprint density at radius 3 is 2.71 bits per heavy atom. The van der Waals surface area contributed by atoms with E-state index in [1.165, 1.54) is 25.3 Å². The van der Waals surface area contributed by atoms with Gasteiger partial charge in [-0.3, -0.25) is 4.79 Å². The van der Waals surface area contributed by atoms with Gasteiger partial charge in [-0.2, -0.15) is 5.26 Å². The Hall–Kier alpha value is -2.75. The Labute approximate surface area is 140 Å². The first-order chi connectivity index (χ1) is 11.5. The zero-order chi connectivity index (χ0) is 17.5. The van der Waals surface area contributed by atoms with E-state index in [2.05, 4.69) is 6.07 Å². The summed E-state index contributed by atoms with van der Waals surface area (Å²) in [5.41, 5.74) is 5.33. The van der Waals surface area contributed by atoms with Crippen molar-refractivity contribution >= 4 is 11.9 Å². The van der Waals surface area contributed by atoms with E-state index in [0.717, 1.165) is 19.3 Å². The number of esters is 1. The van der Waals surface area contributed by atoms with Gasteiger partial charge in [-0.1, -0.05) is 6.42 Å². The molecule has 0 aliphatic heterocycles. The highest BCUT2D eigenvalue weighted by atomic mass is 16.5. The molecule has 0 saturated heterocycles. The molecule has 7 heteroatoms. The van der Waals surface area contributed by atoms with Crippen LogP contribution in [-0.4, -0.2) is 31.7 Å². The van der Waals surface area contributed by atoms with Crippen molar-refractivity contribution in [2.45, 2.75) is 31.8 Å². The molecule has 2 atom stereocenters. The monoisotopic (exact) mass is 332 g/mol. The van der Waals surface area contributed by atoms with Gasteiger partial charge in [0, 0.05) is 0 Å². The van der Waals surface area contributed by atoms with Crippen molar-refractivity contribution in [2.75, 3.05) is 13.7 Å². The SMILES string of the molecule is COc1cc(C(=O)O[C@H]2CCCC[C@@H]2C#N)ccc1OCC(N)=O. The lowest BCUT2D eigenvalue weighted by Crippen LogP contribution is -2.29. The second-order valence-electron chi connectivity index (χ2n) is 5.58. The van der Waals surface area contributed by atoms with Gasteiger partial charge in [0.25, 0.3) is 5.91 Å². The number of rotatable bonds is 6. The van der Waals surface area contributed by atoms with Crippen molar-refractivity contribution in [3.05, 3.63) is 23.8 Å². The number of hydrogen-bond acceptors (Lipinski definition) is 6. The highest BCUT2D eigenvalue weighted by Gasteiger charge is 2.28. The van der Waals surface area contributed by atoms with Crippen LogP contribution in [0.25, 0.3) is 0 Å². The van der Waals surface area contributed by atoms with Crippen molar-refractivity contribution < 1.29 is 23.8 Å². The summed E-state index contributed by atoms with van der Waals surface area (Å²) in [7, 11) is 1.43. The van der Waals surface area contributed by atoms with Crippen LogP contribution >= 0.6 is 0 Å². The molecule has 1 aliphatic carbocycles. The predicted octanol–water partition coefficient (Wildman–Crippen LogP) is 1.80. The molecule has 1 aliphatic rings. The molecule has 0 bridgehead atoms. The maximum absolute atomic E-state index is 12.3. The number of carbonyl (C=O) groups is 2. The summed E-state index contributed by atoms with van der Waals surface area (Å²) >= 11 is 0. The van der Waals surface area contributed by atoms with Crippen molar-refractivity contribution in [1.82, 2.24) is 0 Å². The van der Waals surface area contributed by atoms with E-state index < -0.39 is 11.9 Å². The van der Waals surface area contributed by atoms with Crippen molar-refractivity contribution in [2.24, 2.45) is 11.7 Å². The van der Waals surface area contributed by atoms with Crippen LogP contribution in [0.2, 0.25) is 0 Å². The fourth-order valence-corrected chi connectivity index (χ4v) is 2.65. The van der Waals surface area contributed by atoms with Gasteiger partial charge >= 0.3 is 5.97 Å². The number of hydrogen-bond donors (Lipinski definition) is 1. The fourth-order valence-electron chi connectivity index (χ4n) is 2.65. The lowest BCUT2D eigenvalue weighted by atomic mass is 9.87. The number of primary amides is 1. The number of amides is 1. The summed E-state index contributed by atoms with van der Waals surface area (Å²) in [6.07, 6.45) is 2.98. The van der Waals surface area contributed by atoms with Gasteiger partial charge in [0.2, 0.25) is 0 Å². The average Bonchev–Trinajstić information content (AvgIpc) is 2.60. The maximum atomic E-state index is 12.3.